The van der Waals surface area contributed by atoms with Gasteiger partial charge in [-0.2, -0.15) is 4.99 Å². The molecule has 3 aromatic rings. The van der Waals surface area contributed by atoms with Gasteiger partial charge in [0.25, 0.3) is 0 Å². The van der Waals surface area contributed by atoms with Gasteiger partial charge >= 0.3 is 19.7 Å². The van der Waals surface area contributed by atoms with Crippen LogP contribution in [0, 0.1) is 0 Å². The molecule has 2 N–H and O–H groups in total. The number of nitrogens with two attached hydrogens (primary N) is 1. The minimum absolute atomic E-state index is 0.167. The Bertz CT molecular complexity index is 1380. The molecule has 10 heteroatoms. The molecule has 0 radical (unpaired) electrons. The summed E-state index contributed by atoms with van der Waals surface area (Å²) in [5.41, 5.74) is 6.97. The van der Waals surface area contributed by atoms with Crippen LogP contribution in [0.1, 0.15) is 59.1 Å². The molecule has 0 heterocycles. The lowest BCUT2D eigenvalue weighted by molar-refractivity contribution is -0.153. The lowest BCUT2D eigenvalue weighted by atomic mass is 10.0. The van der Waals surface area contributed by atoms with Crippen molar-refractivity contribution in [3.05, 3.63) is 96.1 Å². The first-order valence-corrected chi connectivity index (χ1v) is 15.7. The van der Waals surface area contributed by atoms with Crippen LogP contribution >= 0.6 is 7.60 Å². The predicted molar refractivity (Wildman–Crippen MR) is 168 cm³/mol. The van der Waals surface area contributed by atoms with Crippen LogP contribution in [-0.4, -0.2) is 34.8 Å². The van der Waals surface area contributed by atoms with Crippen molar-refractivity contribution in [3.8, 4) is 11.5 Å². The number of amides is 1. The fraction of sp³-hybridized carbons (Fsp3) is 0.364. The first-order valence-electron chi connectivity index (χ1n) is 14.0. The minimum Gasteiger partial charge on any atom is -0.460 e. The van der Waals surface area contributed by atoms with Gasteiger partial charge in [-0.25, -0.2) is 9.36 Å². The Morgan fingerprint density at radius 1 is 0.744 bits per heavy atom. The van der Waals surface area contributed by atoms with E-state index in [0.717, 1.165) is 11.1 Å². The summed E-state index contributed by atoms with van der Waals surface area (Å²) < 4.78 is 36.5. The van der Waals surface area contributed by atoms with Crippen LogP contribution < -0.4 is 14.8 Å². The monoisotopic (exact) mass is 608 g/mol. The highest BCUT2D eigenvalue weighted by atomic mass is 31.2. The molecular weight excluding hydrogens is 567 g/mol. The number of nitrogens with zero attached hydrogens (tertiary/aromatic N) is 1. The molecule has 3 rings (SSSR count). The van der Waals surface area contributed by atoms with Crippen molar-refractivity contribution in [3.63, 3.8) is 0 Å². The number of rotatable bonds is 11. The van der Waals surface area contributed by atoms with Crippen molar-refractivity contribution >= 4 is 25.4 Å². The van der Waals surface area contributed by atoms with E-state index in [1.165, 1.54) is 0 Å². The molecule has 230 valence electrons. The zero-order valence-electron chi connectivity index (χ0n) is 25.6. The minimum atomic E-state index is -3.86. The summed E-state index contributed by atoms with van der Waals surface area (Å²) in [6.45, 7) is 10.5. The van der Waals surface area contributed by atoms with Crippen molar-refractivity contribution in [2.24, 2.45) is 10.7 Å². The summed E-state index contributed by atoms with van der Waals surface area (Å²) in [5, 5.41) is 0. The topological polar surface area (TPSA) is 127 Å². The highest BCUT2D eigenvalue weighted by Crippen LogP contribution is 2.51. The van der Waals surface area contributed by atoms with Crippen LogP contribution in [0.5, 0.6) is 11.5 Å². The Kier molecular flexibility index (Phi) is 11.3. The lowest BCUT2D eigenvalue weighted by Gasteiger charge is -2.25. The lowest BCUT2D eigenvalue weighted by Crippen LogP contribution is -2.28. The van der Waals surface area contributed by atoms with Crippen LogP contribution in [0.4, 0.5) is 4.79 Å². The first kappa shape index (κ1) is 33.6. The van der Waals surface area contributed by atoms with Crippen molar-refractivity contribution < 1.29 is 32.7 Å². The fourth-order valence-corrected chi connectivity index (χ4v) is 5.47. The molecule has 1 amide bonds. The van der Waals surface area contributed by atoms with Crippen molar-refractivity contribution in [1.82, 2.24) is 0 Å². The first-order chi connectivity index (χ1) is 20.1. The van der Waals surface area contributed by atoms with E-state index in [1.807, 2.05) is 36.4 Å². The van der Waals surface area contributed by atoms with Gasteiger partial charge in [-0.15, -0.1) is 0 Å². The van der Waals surface area contributed by atoms with Gasteiger partial charge in [0, 0.05) is 18.6 Å². The third-order valence-electron chi connectivity index (χ3n) is 5.65. The molecule has 0 saturated heterocycles. The van der Waals surface area contributed by atoms with Crippen molar-refractivity contribution in [1.29, 1.82) is 0 Å². The Hall–Kier alpha value is -3.94. The number of benzene rings is 3. The quantitative estimate of drug-likeness (QED) is 0.135. The van der Waals surface area contributed by atoms with Crippen molar-refractivity contribution in [2.75, 3.05) is 0 Å². The smallest absolute Gasteiger partial charge is 0.447 e. The number of carbonyl (C=O) groups is 2. The van der Waals surface area contributed by atoms with Gasteiger partial charge in [-0.1, -0.05) is 60.7 Å². The third kappa shape index (κ3) is 12.1. The summed E-state index contributed by atoms with van der Waals surface area (Å²) in [5.74, 6) is -0.705. The summed E-state index contributed by atoms with van der Waals surface area (Å²) >= 11 is 0. The van der Waals surface area contributed by atoms with E-state index in [1.54, 1.807) is 90.1 Å². The molecule has 0 saturated carbocycles. The third-order valence-corrected chi connectivity index (χ3v) is 7.57. The predicted octanol–water partition coefficient (Wildman–Crippen LogP) is 7.52. The normalized spacial score (nSPS) is 13.1. The Balaban J connectivity index is 1.77. The Morgan fingerprint density at radius 3 is 1.67 bits per heavy atom. The SMILES string of the molecule is CC(C)(C)OC(=O)CC(Cc1ccc(CC(N)P(=O)(Oc2ccccc2)Oc2ccccc2)cc1)=NC(=O)OC(C)(C)C. The Morgan fingerprint density at radius 2 is 1.21 bits per heavy atom. The van der Waals surface area contributed by atoms with Gasteiger partial charge in [-0.3, -0.25) is 4.79 Å². The van der Waals surface area contributed by atoms with Crippen LogP contribution in [0.3, 0.4) is 0 Å². The van der Waals surface area contributed by atoms with Crippen LogP contribution in [0.2, 0.25) is 0 Å². The number of hydrogen-bond donors (Lipinski definition) is 1. The molecule has 0 spiro atoms. The summed E-state index contributed by atoms with van der Waals surface area (Å²) in [6, 6.07) is 24.9. The number of para-hydroxylation sites is 2. The van der Waals surface area contributed by atoms with E-state index in [0.29, 0.717) is 17.2 Å². The van der Waals surface area contributed by atoms with Gasteiger partial charge in [0.2, 0.25) is 0 Å². The highest BCUT2D eigenvalue weighted by molar-refractivity contribution is 7.55. The largest absolute Gasteiger partial charge is 0.460 e. The number of esters is 1. The van der Waals surface area contributed by atoms with Crippen molar-refractivity contribution in [2.45, 2.75) is 77.8 Å². The molecule has 0 aliphatic heterocycles. The summed E-state index contributed by atoms with van der Waals surface area (Å²) in [7, 11) is -3.86. The molecule has 0 bridgehead atoms. The zero-order chi connectivity index (χ0) is 31.7. The average molecular weight is 609 g/mol. The summed E-state index contributed by atoms with van der Waals surface area (Å²) in [6.07, 6.45) is -0.521. The maximum Gasteiger partial charge on any atom is 0.447 e. The van der Waals surface area contributed by atoms with Gasteiger partial charge in [0.1, 0.15) is 28.5 Å². The molecule has 1 unspecified atom stereocenters. The van der Waals surface area contributed by atoms with E-state index >= 15 is 0 Å². The zero-order valence-corrected chi connectivity index (χ0v) is 26.5. The average Bonchev–Trinajstić information content (AvgIpc) is 2.88. The van der Waals surface area contributed by atoms with E-state index in [4.69, 9.17) is 24.3 Å². The number of ether oxygens (including phenoxy) is 2. The summed E-state index contributed by atoms with van der Waals surface area (Å²) in [4.78, 5) is 29.0. The second-order valence-electron chi connectivity index (χ2n) is 12.0. The standard InChI is InChI=1S/C33H41N2O7P/c1-32(2,3)39-30(36)23-26(35-31(37)40-33(4,5)6)21-24-17-19-25(20-18-24)22-29(34)43(38,41-27-13-9-7-10-14-27)42-28-15-11-8-12-16-28/h7-20,29H,21-23,34H2,1-6H3. The maximum absolute atomic E-state index is 14.0. The van der Waals surface area contributed by atoms with Crippen LogP contribution in [-0.2, 0) is 31.7 Å². The van der Waals surface area contributed by atoms with E-state index in [2.05, 4.69) is 4.99 Å². The van der Waals surface area contributed by atoms with E-state index in [-0.39, 0.29) is 19.3 Å². The number of hydrogen-bond acceptors (Lipinski definition) is 8. The maximum atomic E-state index is 14.0. The number of carbonyl (C=O) groups excluding carboxylic acids is 2. The molecule has 43 heavy (non-hydrogen) atoms. The molecule has 0 fully saturated rings. The second-order valence-corrected chi connectivity index (χ2v) is 14.1. The second kappa shape index (κ2) is 14.5. The molecule has 1 atom stereocenters. The highest BCUT2D eigenvalue weighted by Gasteiger charge is 2.37. The van der Waals surface area contributed by atoms with Gasteiger partial charge in [0.05, 0.1) is 6.42 Å². The van der Waals surface area contributed by atoms with E-state index < -0.39 is 36.6 Å². The van der Waals surface area contributed by atoms with Gasteiger partial charge in [-0.05, 0) is 76.9 Å². The van der Waals surface area contributed by atoms with Gasteiger partial charge < -0.3 is 24.3 Å². The van der Waals surface area contributed by atoms with E-state index in [9.17, 15) is 14.2 Å². The van der Waals surface area contributed by atoms with Gasteiger partial charge in [0.15, 0.2) is 0 Å². The van der Waals surface area contributed by atoms with Crippen LogP contribution in [0.15, 0.2) is 89.9 Å². The molecular formula is C33H41N2O7P. The number of aliphatic imine (C=N–C) groups is 1. The fourth-order valence-electron chi connectivity index (χ4n) is 3.89. The Labute approximate surface area is 253 Å². The molecule has 9 nitrogen and oxygen atoms in total. The molecule has 0 aliphatic rings. The molecule has 3 aromatic carbocycles. The molecule has 0 aliphatic carbocycles. The molecule has 0 aromatic heterocycles. The van der Waals surface area contributed by atoms with Crippen LogP contribution in [0.25, 0.3) is 0 Å².